The van der Waals surface area contributed by atoms with Gasteiger partial charge in [-0.15, -0.1) is 24.0 Å². The highest BCUT2D eigenvalue weighted by Crippen LogP contribution is 2.26. The Morgan fingerprint density at radius 1 is 1.25 bits per heavy atom. The van der Waals surface area contributed by atoms with Gasteiger partial charge in [-0.25, -0.2) is 4.99 Å². The average Bonchev–Trinajstić information content (AvgIpc) is 2.90. The maximum atomic E-state index is 10.4. The lowest BCUT2D eigenvalue weighted by molar-refractivity contribution is 0.0724. The number of hydrogen-bond acceptors (Lipinski definition) is 3. The minimum absolute atomic E-state index is 0. The van der Waals surface area contributed by atoms with Gasteiger partial charge in [-0.3, -0.25) is 0 Å². The molecule has 0 saturated carbocycles. The van der Waals surface area contributed by atoms with E-state index in [1.54, 1.807) is 0 Å². The average molecular weight is 463 g/mol. The Morgan fingerprint density at radius 2 is 1.92 bits per heavy atom. The van der Waals surface area contributed by atoms with Gasteiger partial charge in [-0.2, -0.15) is 11.8 Å². The lowest BCUT2D eigenvalue weighted by atomic mass is 10.00. The van der Waals surface area contributed by atoms with Crippen LogP contribution >= 0.6 is 35.7 Å². The third kappa shape index (κ3) is 6.11. The molecule has 6 heteroatoms. The summed E-state index contributed by atoms with van der Waals surface area (Å²) in [5, 5.41) is 17.0. The van der Waals surface area contributed by atoms with Crippen molar-refractivity contribution < 1.29 is 5.11 Å². The Labute approximate surface area is 167 Å². The first-order chi connectivity index (χ1) is 10.9. The summed E-state index contributed by atoms with van der Waals surface area (Å²) in [5.41, 5.74) is 4.54. The zero-order valence-corrected chi connectivity index (χ0v) is 18.3. The molecule has 1 aliphatic rings. The fourth-order valence-corrected chi connectivity index (χ4v) is 4.24. The SMILES string of the molecule is CCNC(=NCc1c(C)cc(C)cc1C)NCC1(O)CCSC1.I. The number of guanidine groups is 1. The topological polar surface area (TPSA) is 56.7 Å². The van der Waals surface area contributed by atoms with E-state index in [9.17, 15) is 5.11 Å². The Kier molecular flexibility index (Phi) is 8.87. The van der Waals surface area contributed by atoms with Crippen molar-refractivity contribution in [1.82, 2.24) is 10.6 Å². The molecule has 1 unspecified atom stereocenters. The summed E-state index contributed by atoms with van der Waals surface area (Å²) in [7, 11) is 0. The van der Waals surface area contributed by atoms with Crippen LogP contribution in [0.25, 0.3) is 0 Å². The number of thioether (sulfide) groups is 1. The molecule has 1 aromatic carbocycles. The Bertz CT molecular complexity index is 548. The van der Waals surface area contributed by atoms with Gasteiger partial charge in [0.15, 0.2) is 5.96 Å². The van der Waals surface area contributed by atoms with Crippen molar-refractivity contribution in [3.8, 4) is 0 Å². The molecule has 1 heterocycles. The first kappa shape index (κ1) is 21.6. The zero-order valence-electron chi connectivity index (χ0n) is 15.1. The van der Waals surface area contributed by atoms with Crippen molar-refractivity contribution in [3.05, 3.63) is 34.4 Å². The van der Waals surface area contributed by atoms with Gasteiger partial charge in [0.1, 0.15) is 0 Å². The molecule has 0 aliphatic carbocycles. The number of aliphatic hydroxyl groups is 1. The molecule has 1 fully saturated rings. The van der Waals surface area contributed by atoms with Crippen LogP contribution in [0, 0.1) is 20.8 Å². The van der Waals surface area contributed by atoms with Crippen LogP contribution in [0.15, 0.2) is 17.1 Å². The van der Waals surface area contributed by atoms with E-state index >= 15 is 0 Å². The monoisotopic (exact) mass is 463 g/mol. The first-order valence-corrected chi connectivity index (χ1v) is 9.48. The number of nitrogens with zero attached hydrogens (tertiary/aromatic N) is 1. The summed E-state index contributed by atoms with van der Waals surface area (Å²) in [6.07, 6.45) is 0.847. The molecule has 1 saturated heterocycles. The van der Waals surface area contributed by atoms with Gasteiger partial charge in [-0.1, -0.05) is 17.7 Å². The van der Waals surface area contributed by atoms with Crippen molar-refractivity contribution in [3.63, 3.8) is 0 Å². The molecular formula is C18H30IN3OS. The van der Waals surface area contributed by atoms with Crippen molar-refractivity contribution in [2.24, 2.45) is 4.99 Å². The van der Waals surface area contributed by atoms with Crippen molar-refractivity contribution in [1.29, 1.82) is 0 Å². The van der Waals surface area contributed by atoms with Crippen molar-refractivity contribution in [2.45, 2.75) is 46.3 Å². The molecule has 4 nitrogen and oxygen atoms in total. The summed E-state index contributed by atoms with van der Waals surface area (Å²) < 4.78 is 0. The van der Waals surface area contributed by atoms with Crippen LogP contribution in [0.4, 0.5) is 0 Å². The predicted octanol–water partition coefficient (Wildman–Crippen LogP) is 3.15. The number of rotatable bonds is 5. The summed E-state index contributed by atoms with van der Waals surface area (Å²) in [6.45, 7) is 10.5. The maximum Gasteiger partial charge on any atom is 0.191 e. The summed E-state index contributed by atoms with van der Waals surface area (Å²) in [5.74, 6) is 2.61. The van der Waals surface area contributed by atoms with Gasteiger partial charge in [0.25, 0.3) is 0 Å². The van der Waals surface area contributed by atoms with Gasteiger partial charge in [-0.05, 0) is 56.6 Å². The van der Waals surface area contributed by atoms with E-state index in [-0.39, 0.29) is 24.0 Å². The van der Waals surface area contributed by atoms with E-state index in [1.807, 2.05) is 11.8 Å². The molecule has 0 bridgehead atoms. The minimum Gasteiger partial charge on any atom is -0.387 e. The predicted molar refractivity (Wildman–Crippen MR) is 116 cm³/mol. The molecule has 0 spiro atoms. The third-order valence-corrected chi connectivity index (χ3v) is 5.48. The normalized spacial score (nSPS) is 20.6. The third-order valence-electron chi connectivity index (χ3n) is 4.25. The second kappa shape index (κ2) is 9.87. The highest BCUT2D eigenvalue weighted by Gasteiger charge is 2.31. The molecule has 0 radical (unpaired) electrons. The number of hydrogen-bond donors (Lipinski definition) is 3. The molecule has 1 aromatic rings. The lowest BCUT2D eigenvalue weighted by Gasteiger charge is -2.23. The largest absolute Gasteiger partial charge is 0.387 e. The Hall–Kier alpha value is -0.470. The van der Waals surface area contributed by atoms with Gasteiger partial charge in [0.05, 0.1) is 12.1 Å². The molecule has 1 atom stereocenters. The number of aliphatic imine (C=N–C) groups is 1. The van der Waals surface area contributed by atoms with E-state index in [4.69, 9.17) is 4.99 Å². The number of halogens is 1. The first-order valence-electron chi connectivity index (χ1n) is 8.32. The molecule has 0 amide bonds. The smallest absolute Gasteiger partial charge is 0.191 e. The fourth-order valence-electron chi connectivity index (χ4n) is 2.94. The molecule has 1 aliphatic heterocycles. The summed E-state index contributed by atoms with van der Waals surface area (Å²) in [6, 6.07) is 4.41. The number of aryl methyl sites for hydroxylation is 3. The van der Waals surface area contributed by atoms with Crippen LogP contribution in [0.3, 0.4) is 0 Å². The van der Waals surface area contributed by atoms with Gasteiger partial charge >= 0.3 is 0 Å². The van der Waals surface area contributed by atoms with Crippen molar-refractivity contribution >= 4 is 41.7 Å². The lowest BCUT2D eigenvalue weighted by Crippen LogP contribution is -2.47. The second-order valence-electron chi connectivity index (χ2n) is 6.45. The van der Waals surface area contributed by atoms with Gasteiger partial charge in [0.2, 0.25) is 0 Å². The highest BCUT2D eigenvalue weighted by molar-refractivity contribution is 14.0. The van der Waals surface area contributed by atoms with E-state index in [1.165, 1.54) is 22.3 Å². The molecule has 2 rings (SSSR count). The number of nitrogens with one attached hydrogen (secondary N) is 2. The molecule has 0 aromatic heterocycles. The number of benzene rings is 1. The maximum absolute atomic E-state index is 10.4. The van der Waals surface area contributed by atoms with Gasteiger partial charge in [0, 0.05) is 18.8 Å². The van der Waals surface area contributed by atoms with Crippen LogP contribution in [-0.4, -0.2) is 41.3 Å². The van der Waals surface area contributed by atoms with E-state index in [2.05, 4.69) is 50.5 Å². The highest BCUT2D eigenvalue weighted by atomic mass is 127. The quantitative estimate of drug-likeness (QED) is 0.357. The van der Waals surface area contributed by atoms with Crippen LogP contribution < -0.4 is 10.6 Å². The zero-order chi connectivity index (χ0) is 16.9. The Morgan fingerprint density at radius 3 is 2.46 bits per heavy atom. The van der Waals surface area contributed by atoms with Crippen LogP contribution in [0.1, 0.15) is 35.6 Å². The molecule has 24 heavy (non-hydrogen) atoms. The second-order valence-corrected chi connectivity index (χ2v) is 7.56. The molecule has 3 N–H and O–H groups in total. The Balaban J connectivity index is 0.00000288. The molecule has 136 valence electrons. The van der Waals surface area contributed by atoms with E-state index < -0.39 is 5.60 Å². The fraction of sp³-hybridized carbons (Fsp3) is 0.611. The standard InChI is InChI=1S/C18H29N3OS.HI/c1-5-19-17(21-11-18(22)6-7-23-12-18)20-10-16-14(3)8-13(2)9-15(16)4;/h8-9,22H,5-7,10-12H2,1-4H3,(H2,19,20,21);1H. The van der Waals surface area contributed by atoms with Crippen LogP contribution in [0.2, 0.25) is 0 Å². The van der Waals surface area contributed by atoms with Crippen molar-refractivity contribution in [2.75, 3.05) is 24.6 Å². The van der Waals surface area contributed by atoms with E-state index in [0.717, 1.165) is 30.4 Å². The molecular weight excluding hydrogens is 433 g/mol. The summed E-state index contributed by atoms with van der Waals surface area (Å²) >= 11 is 1.81. The summed E-state index contributed by atoms with van der Waals surface area (Å²) in [4.78, 5) is 4.70. The van der Waals surface area contributed by atoms with Crippen LogP contribution in [0.5, 0.6) is 0 Å². The minimum atomic E-state index is -0.601. The van der Waals surface area contributed by atoms with Gasteiger partial charge < -0.3 is 15.7 Å². The van der Waals surface area contributed by atoms with Crippen LogP contribution in [-0.2, 0) is 6.54 Å². The van der Waals surface area contributed by atoms with E-state index in [0.29, 0.717) is 13.1 Å².